The maximum Gasteiger partial charge on any atom is 0.276 e. The molecule has 3 aromatic rings. The Kier molecular flexibility index (Phi) is 2.33. The van der Waals surface area contributed by atoms with Crippen LogP contribution in [0, 0.1) is 0 Å². The van der Waals surface area contributed by atoms with Gasteiger partial charge in [-0.3, -0.25) is 10.1 Å². The van der Waals surface area contributed by atoms with Gasteiger partial charge in [0.15, 0.2) is 0 Å². The molecule has 0 aliphatic heterocycles. The summed E-state index contributed by atoms with van der Waals surface area (Å²) in [5, 5.41) is 2.71. The van der Waals surface area contributed by atoms with Crippen molar-refractivity contribution in [2.45, 2.75) is 0 Å². The van der Waals surface area contributed by atoms with E-state index in [1.807, 2.05) is 24.3 Å². The third kappa shape index (κ3) is 1.73. The molecule has 2 aromatic heterocycles. The van der Waals surface area contributed by atoms with Crippen molar-refractivity contribution in [3.05, 3.63) is 42.5 Å². The quantitative estimate of drug-likeness (QED) is 0.714. The summed E-state index contributed by atoms with van der Waals surface area (Å²) < 4.78 is 1.65. The van der Waals surface area contributed by atoms with Crippen molar-refractivity contribution in [3.63, 3.8) is 0 Å². The Labute approximate surface area is 103 Å². The summed E-state index contributed by atoms with van der Waals surface area (Å²) in [6.07, 6.45) is 3.09. The summed E-state index contributed by atoms with van der Waals surface area (Å²) in [4.78, 5) is 23.1. The summed E-state index contributed by atoms with van der Waals surface area (Å²) in [5.74, 6) is 0.191. The molecule has 0 aliphatic carbocycles. The van der Waals surface area contributed by atoms with Crippen LogP contribution in [0.3, 0.4) is 0 Å². The van der Waals surface area contributed by atoms with Gasteiger partial charge in [0.2, 0.25) is 5.95 Å². The summed E-state index contributed by atoms with van der Waals surface area (Å²) >= 11 is 0. The average Bonchev–Trinajstić information content (AvgIpc) is 2.94. The Balaban J connectivity index is 1.88. The fourth-order valence-electron chi connectivity index (χ4n) is 1.76. The first-order chi connectivity index (χ1) is 8.74. The number of rotatable bonds is 2. The average molecular weight is 241 g/mol. The van der Waals surface area contributed by atoms with Gasteiger partial charge in [-0.1, -0.05) is 12.1 Å². The van der Waals surface area contributed by atoms with Crippen LogP contribution in [0.25, 0.3) is 11.0 Å². The smallest absolute Gasteiger partial charge is 0.276 e. The molecule has 2 N–H and O–H groups in total. The summed E-state index contributed by atoms with van der Waals surface area (Å²) in [7, 11) is 1.76. The predicted molar refractivity (Wildman–Crippen MR) is 67.3 cm³/mol. The first-order valence-corrected chi connectivity index (χ1v) is 5.46. The van der Waals surface area contributed by atoms with Crippen LogP contribution in [-0.2, 0) is 7.05 Å². The number of carbonyl (C=O) groups is 1. The fourth-order valence-corrected chi connectivity index (χ4v) is 1.76. The van der Waals surface area contributed by atoms with Crippen molar-refractivity contribution in [1.29, 1.82) is 0 Å². The number of hydrogen-bond acceptors (Lipinski definition) is 3. The molecule has 6 nitrogen and oxygen atoms in total. The molecule has 1 aromatic carbocycles. The van der Waals surface area contributed by atoms with E-state index in [1.54, 1.807) is 17.9 Å². The topological polar surface area (TPSA) is 75.6 Å². The van der Waals surface area contributed by atoms with E-state index in [0.717, 1.165) is 11.0 Å². The number of aryl methyl sites for hydroxylation is 1. The van der Waals surface area contributed by atoms with Crippen LogP contribution >= 0.6 is 0 Å². The first-order valence-electron chi connectivity index (χ1n) is 5.46. The molecule has 2 heterocycles. The van der Waals surface area contributed by atoms with Gasteiger partial charge in [-0.15, -0.1) is 0 Å². The van der Waals surface area contributed by atoms with E-state index >= 15 is 0 Å². The lowest BCUT2D eigenvalue weighted by atomic mass is 10.3. The maximum absolute atomic E-state index is 11.9. The van der Waals surface area contributed by atoms with Gasteiger partial charge < -0.3 is 9.55 Å². The summed E-state index contributed by atoms with van der Waals surface area (Å²) in [6.45, 7) is 0. The van der Waals surface area contributed by atoms with E-state index in [2.05, 4.69) is 20.3 Å². The van der Waals surface area contributed by atoms with Crippen molar-refractivity contribution in [2.24, 2.45) is 7.05 Å². The van der Waals surface area contributed by atoms with Crippen molar-refractivity contribution < 1.29 is 4.79 Å². The molecular weight excluding hydrogens is 230 g/mol. The molecule has 90 valence electrons. The van der Waals surface area contributed by atoms with Crippen LogP contribution in [0.1, 0.15) is 10.5 Å². The van der Waals surface area contributed by atoms with E-state index in [9.17, 15) is 4.79 Å². The number of aromatic nitrogens is 4. The lowest BCUT2D eigenvalue weighted by Crippen LogP contribution is -2.16. The Morgan fingerprint density at radius 3 is 2.94 bits per heavy atom. The second-order valence-corrected chi connectivity index (χ2v) is 3.95. The standard InChI is InChI=1S/C12H11N5O/c1-17-7-13-6-10(17)11(18)16-12-14-8-4-2-3-5-9(8)15-12/h2-7H,1H3,(H2,14,15,16,18). The Morgan fingerprint density at radius 1 is 1.39 bits per heavy atom. The van der Waals surface area contributed by atoms with E-state index in [4.69, 9.17) is 0 Å². The van der Waals surface area contributed by atoms with Crippen LogP contribution < -0.4 is 5.32 Å². The zero-order chi connectivity index (χ0) is 12.5. The molecule has 0 saturated heterocycles. The number of nitrogens with one attached hydrogen (secondary N) is 2. The Bertz CT molecular complexity index is 679. The molecule has 0 fully saturated rings. The molecule has 3 rings (SSSR count). The monoisotopic (exact) mass is 241 g/mol. The molecule has 0 radical (unpaired) electrons. The maximum atomic E-state index is 11.9. The van der Waals surface area contributed by atoms with E-state index < -0.39 is 0 Å². The van der Waals surface area contributed by atoms with Crippen molar-refractivity contribution in [2.75, 3.05) is 5.32 Å². The highest BCUT2D eigenvalue weighted by Gasteiger charge is 2.11. The van der Waals surface area contributed by atoms with Crippen molar-refractivity contribution >= 4 is 22.9 Å². The number of carbonyl (C=O) groups excluding carboxylic acids is 1. The lowest BCUT2D eigenvalue weighted by molar-refractivity contribution is 0.101. The number of nitrogens with zero attached hydrogens (tertiary/aromatic N) is 3. The number of para-hydroxylation sites is 2. The van der Waals surface area contributed by atoms with Gasteiger partial charge in [-0.25, -0.2) is 9.97 Å². The number of benzene rings is 1. The first kappa shape index (κ1) is 10.5. The summed E-state index contributed by atoms with van der Waals surface area (Å²) in [6, 6.07) is 7.59. The zero-order valence-electron chi connectivity index (χ0n) is 9.71. The lowest BCUT2D eigenvalue weighted by Gasteiger charge is -2.01. The van der Waals surface area contributed by atoms with Crippen molar-refractivity contribution in [3.8, 4) is 0 Å². The van der Waals surface area contributed by atoms with Gasteiger partial charge in [0.1, 0.15) is 5.69 Å². The molecule has 0 bridgehead atoms. The summed E-state index contributed by atoms with van der Waals surface area (Å²) in [5.41, 5.74) is 2.19. The van der Waals surface area contributed by atoms with Crippen LogP contribution in [0.15, 0.2) is 36.8 Å². The van der Waals surface area contributed by atoms with Crippen molar-refractivity contribution in [1.82, 2.24) is 19.5 Å². The number of hydrogen-bond donors (Lipinski definition) is 2. The van der Waals surface area contributed by atoms with Crippen LogP contribution in [0.4, 0.5) is 5.95 Å². The molecule has 0 aliphatic rings. The molecule has 18 heavy (non-hydrogen) atoms. The van der Waals surface area contributed by atoms with Gasteiger partial charge in [-0.05, 0) is 12.1 Å². The third-order valence-electron chi connectivity index (χ3n) is 2.67. The normalized spacial score (nSPS) is 10.7. The highest BCUT2D eigenvalue weighted by Crippen LogP contribution is 2.13. The molecule has 0 spiro atoms. The van der Waals surface area contributed by atoms with E-state index in [-0.39, 0.29) is 5.91 Å². The number of aromatic amines is 1. The van der Waals surface area contributed by atoms with Crippen LogP contribution in [0.5, 0.6) is 0 Å². The van der Waals surface area contributed by atoms with Gasteiger partial charge >= 0.3 is 0 Å². The van der Waals surface area contributed by atoms with E-state index in [1.165, 1.54) is 6.20 Å². The molecule has 0 saturated carbocycles. The zero-order valence-corrected chi connectivity index (χ0v) is 9.71. The van der Waals surface area contributed by atoms with Gasteiger partial charge in [0.25, 0.3) is 5.91 Å². The molecule has 1 amide bonds. The Morgan fingerprint density at radius 2 is 2.22 bits per heavy atom. The molecule has 0 atom stereocenters. The fraction of sp³-hybridized carbons (Fsp3) is 0.0833. The molecule has 6 heteroatoms. The minimum absolute atomic E-state index is 0.242. The molecular formula is C12H11N5O. The second-order valence-electron chi connectivity index (χ2n) is 3.95. The number of fused-ring (bicyclic) bond motifs is 1. The Hall–Kier alpha value is -2.63. The second kappa shape index (κ2) is 3.99. The third-order valence-corrected chi connectivity index (χ3v) is 2.67. The number of anilines is 1. The highest BCUT2D eigenvalue weighted by molar-refractivity contribution is 6.02. The molecule has 0 unspecified atom stereocenters. The van der Waals surface area contributed by atoms with Gasteiger partial charge in [0.05, 0.1) is 23.6 Å². The minimum atomic E-state index is -0.242. The number of imidazole rings is 2. The SMILES string of the molecule is Cn1cncc1C(=O)Nc1nc2ccccc2[nH]1. The number of H-pyrrole nitrogens is 1. The van der Waals surface area contributed by atoms with Crippen LogP contribution in [0.2, 0.25) is 0 Å². The minimum Gasteiger partial charge on any atom is -0.330 e. The highest BCUT2D eigenvalue weighted by atomic mass is 16.2. The van der Waals surface area contributed by atoms with Crippen LogP contribution in [-0.4, -0.2) is 25.4 Å². The number of amides is 1. The van der Waals surface area contributed by atoms with E-state index in [0.29, 0.717) is 11.6 Å². The van der Waals surface area contributed by atoms with Gasteiger partial charge in [-0.2, -0.15) is 0 Å². The largest absolute Gasteiger partial charge is 0.330 e. The van der Waals surface area contributed by atoms with Gasteiger partial charge in [0, 0.05) is 7.05 Å². The predicted octanol–water partition coefficient (Wildman–Crippen LogP) is 1.55.